The van der Waals surface area contributed by atoms with E-state index >= 15 is 0 Å². The van der Waals surface area contributed by atoms with Crippen molar-refractivity contribution in [2.24, 2.45) is 5.92 Å². The topological polar surface area (TPSA) is 193 Å². The second-order valence-electron chi connectivity index (χ2n) is 18.1. The number of methoxy groups -OCH3 is 2. The van der Waals surface area contributed by atoms with Crippen molar-refractivity contribution in [3.8, 4) is 22.3 Å². The molecule has 4 bridgehead atoms. The Morgan fingerprint density at radius 2 is 1.30 bits per heavy atom. The molecule has 0 spiro atoms. The Morgan fingerprint density at radius 1 is 0.731 bits per heavy atom. The van der Waals surface area contributed by atoms with Crippen molar-refractivity contribution >= 4 is 46.1 Å². The lowest BCUT2D eigenvalue weighted by molar-refractivity contribution is -0.137. The first kappa shape index (κ1) is 45.1. The van der Waals surface area contributed by atoms with Crippen LogP contribution in [-0.2, 0) is 47.8 Å². The standard InChI is InChI=1S/C51H56N8O8/c1-27(2)44(56-50(62)64-6)48(60)58-25-66-23-42(58)46-52-38-16-14-34(21-40(38)54-46)36-19-30-8-10-31-12-13-32(29(5)18-33(36)11-9-30)20-37(31)35-15-17-39-41(22-35)55-47(53-39)43-24-67-26-59(43)49(61)45(28(3)4)57-51(63)65-7/h9,11-17,19-22,27,29,42-45H,3,8,10,18,23-26H2,1-2,4-7H3,(H,52,54)(H,53,55)(H,56,62)(H,57,63)/t29-,42+,43+,44+,45+/m1/s1. The molecule has 12 rings (SSSR count). The van der Waals surface area contributed by atoms with Crippen molar-refractivity contribution < 1.29 is 38.1 Å². The molecule has 4 amide bonds. The normalized spacial score (nSPS) is 19.1. The van der Waals surface area contributed by atoms with Crippen LogP contribution >= 0.6 is 0 Å². The number of benzene rings is 4. The van der Waals surface area contributed by atoms with Gasteiger partial charge in [-0.2, -0.15) is 0 Å². The van der Waals surface area contributed by atoms with Gasteiger partial charge in [-0.15, -0.1) is 0 Å². The molecular weight excluding hydrogens is 853 g/mol. The zero-order valence-electron chi connectivity index (χ0n) is 38.6. The van der Waals surface area contributed by atoms with Gasteiger partial charge in [-0.05, 0) is 112 Å². The summed E-state index contributed by atoms with van der Waals surface area (Å²) in [5, 5.41) is 5.26. The lowest BCUT2D eigenvalue weighted by Gasteiger charge is -2.28. The van der Waals surface area contributed by atoms with E-state index in [2.05, 4.69) is 94.8 Å². The van der Waals surface area contributed by atoms with Crippen LogP contribution < -0.4 is 10.6 Å². The largest absolute Gasteiger partial charge is 0.453 e. The fourth-order valence-corrected chi connectivity index (χ4v) is 9.43. The van der Waals surface area contributed by atoms with Gasteiger partial charge in [0.15, 0.2) is 0 Å². The van der Waals surface area contributed by atoms with Gasteiger partial charge in [0, 0.05) is 0 Å². The Bertz CT molecular complexity index is 2900. The first-order valence-electron chi connectivity index (χ1n) is 22.7. The molecule has 2 aromatic heterocycles. The van der Waals surface area contributed by atoms with Gasteiger partial charge in [0.05, 0.1) is 49.5 Å². The van der Waals surface area contributed by atoms with Crippen molar-refractivity contribution in [3.05, 3.63) is 119 Å². The van der Waals surface area contributed by atoms with Crippen LogP contribution in [0.1, 0.15) is 79.6 Å². The van der Waals surface area contributed by atoms with E-state index in [-0.39, 0.29) is 50.3 Å². The summed E-state index contributed by atoms with van der Waals surface area (Å²) in [6.07, 6.45) is 1.08. The summed E-state index contributed by atoms with van der Waals surface area (Å²) in [6.45, 7) is 12.3. The highest BCUT2D eigenvalue weighted by Crippen LogP contribution is 2.37. The maximum absolute atomic E-state index is 13.7. The minimum atomic E-state index is -0.972. The first-order valence-corrected chi connectivity index (χ1v) is 22.7. The molecule has 4 aromatic carbocycles. The molecular formula is C51H56N8O8. The molecule has 0 saturated carbocycles. The molecule has 5 atom stereocenters. The number of amides is 4. The van der Waals surface area contributed by atoms with Gasteiger partial charge in [0.25, 0.3) is 5.91 Å². The summed E-state index contributed by atoms with van der Waals surface area (Å²) in [5.41, 5.74) is 13.1. The average molecular weight is 909 g/mol. The second-order valence-corrected chi connectivity index (χ2v) is 18.1. The zero-order valence-corrected chi connectivity index (χ0v) is 38.6. The Hall–Kier alpha value is -7.04. The van der Waals surface area contributed by atoms with Crippen LogP contribution in [0.2, 0.25) is 0 Å². The number of hydrogen-bond donors (Lipinski definition) is 4. The fraction of sp³-hybridized carbons (Fsp3) is 0.373. The fourth-order valence-electron chi connectivity index (χ4n) is 9.43. The maximum atomic E-state index is 13.7. The van der Waals surface area contributed by atoms with Crippen LogP contribution in [0.3, 0.4) is 0 Å². The summed E-state index contributed by atoms with van der Waals surface area (Å²) in [6, 6.07) is 23.6. The SMILES string of the molecule is C=C(C)[C@H](NC(=O)OC)C(=O)N1COC[C@H]1c1nc2cc(-c3cc4ccc3CCc3ccc(c(-c5ccc6[nH]c([C@@H]7COCN7C(=O)[C@@H](NC(=O)OC)C(C)C)nc6c5)c3)C[C@H]4C)ccc2[nH]1. The van der Waals surface area contributed by atoms with E-state index in [9.17, 15) is 19.2 Å². The molecule has 0 unspecified atom stereocenters. The van der Waals surface area contributed by atoms with E-state index in [0.29, 0.717) is 17.2 Å². The molecule has 348 valence electrons. The number of ether oxygens (including phenoxy) is 4. The number of alkyl carbamates (subject to hydrolysis) is 2. The molecule has 2 aliphatic heterocycles. The highest BCUT2D eigenvalue weighted by molar-refractivity contribution is 5.90. The number of hydrogen-bond acceptors (Lipinski definition) is 10. The number of rotatable bonds is 10. The van der Waals surface area contributed by atoms with Crippen LogP contribution in [0.15, 0.2) is 84.9 Å². The Labute approximate surface area is 388 Å². The van der Waals surface area contributed by atoms with E-state index in [1.165, 1.54) is 42.0 Å². The van der Waals surface area contributed by atoms with Crippen LogP contribution in [0, 0.1) is 5.92 Å². The number of nitrogens with zero attached hydrogens (tertiary/aromatic N) is 4. The van der Waals surface area contributed by atoms with Gasteiger partial charge < -0.3 is 49.3 Å². The first-order chi connectivity index (χ1) is 32.3. The third kappa shape index (κ3) is 8.98. The second kappa shape index (κ2) is 18.7. The quantitative estimate of drug-likeness (QED) is 0.0995. The number of aromatic amines is 2. The van der Waals surface area contributed by atoms with E-state index < -0.39 is 36.4 Å². The van der Waals surface area contributed by atoms with Crippen LogP contribution in [0.4, 0.5) is 9.59 Å². The number of nitrogens with one attached hydrogen (secondary N) is 4. The number of aromatic nitrogens is 4. The van der Waals surface area contributed by atoms with Gasteiger partial charge in [-0.1, -0.05) is 75.9 Å². The lowest BCUT2D eigenvalue weighted by Crippen LogP contribution is -2.51. The number of fused-ring (bicyclic) bond motifs is 2. The molecule has 16 nitrogen and oxygen atoms in total. The van der Waals surface area contributed by atoms with Crippen molar-refractivity contribution in [2.75, 3.05) is 40.9 Å². The smallest absolute Gasteiger partial charge is 0.407 e. The highest BCUT2D eigenvalue weighted by Gasteiger charge is 2.39. The summed E-state index contributed by atoms with van der Waals surface area (Å²) in [7, 11) is 2.52. The third-order valence-electron chi connectivity index (χ3n) is 13.3. The van der Waals surface area contributed by atoms with Crippen molar-refractivity contribution in [2.45, 2.75) is 77.0 Å². The molecule has 16 heteroatoms. The van der Waals surface area contributed by atoms with E-state index in [4.69, 9.17) is 28.9 Å². The maximum Gasteiger partial charge on any atom is 0.407 e. The Kier molecular flexibility index (Phi) is 12.6. The molecule has 67 heavy (non-hydrogen) atoms. The minimum Gasteiger partial charge on any atom is -0.453 e. The third-order valence-corrected chi connectivity index (χ3v) is 13.3. The lowest BCUT2D eigenvalue weighted by atomic mass is 9.84. The Morgan fingerprint density at radius 3 is 1.88 bits per heavy atom. The molecule has 0 radical (unpaired) electrons. The van der Waals surface area contributed by atoms with Gasteiger partial charge in [-0.3, -0.25) is 9.59 Å². The van der Waals surface area contributed by atoms with Crippen LogP contribution in [0.5, 0.6) is 0 Å². The van der Waals surface area contributed by atoms with Gasteiger partial charge in [0.1, 0.15) is 49.3 Å². The number of imidazole rings is 2. The molecule has 4 heterocycles. The summed E-state index contributed by atoms with van der Waals surface area (Å²) < 4.78 is 21.1. The summed E-state index contributed by atoms with van der Waals surface area (Å²) in [5.74, 6) is 0.627. The molecule has 6 aromatic rings. The highest BCUT2D eigenvalue weighted by atomic mass is 16.5. The number of carbonyl (C=O) groups excluding carboxylic acids is 4. The van der Waals surface area contributed by atoms with E-state index in [0.717, 1.165) is 58.0 Å². The van der Waals surface area contributed by atoms with Gasteiger partial charge in [-0.25, -0.2) is 19.6 Å². The van der Waals surface area contributed by atoms with Gasteiger partial charge in [0.2, 0.25) is 5.91 Å². The van der Waals surface area contributed by atoms with Gasteiger partial charge >= 0.3 is 12.2 Å². The predicted octanol–water partition coefficient (Wildman–Crippen LogP) is 7.61. The minimum absolute atomic E-state index is 0.0523. The molecule has 4 N–H and O–H groups in total. The monoisotopic (exact) mass is 908 g/mol. The van der Waals surface area contributed by atoms with Crippen LogP contribution in [0.25, 0.3) is 44.3 Å². The summed E-state index contributed by atoms with van der Waals surface area (Å²) in [4.78, 5) is 71.6. The Balaban J connectivity index is 0.959. The molecule has 4 aliphatic carbocycles. The molecule has 2 saturated heterocycles. The van der Waals surface area contributed by atoms with E-state index in [1.807, 2.05) is 26.0 Å². The molecule has 2 fully saturated rings. The molecule has 6 aliphatic rings. The number of H-pyrrole nitrogens is 2. The van der Waals surface area contributed by atoms with E-state index in [1.54, 1.807) is 16.7 Å². The van der Waals surface area contributed by atoms with Crippen LogP contribution in [-0.4, -0.2) is 107 Å². The average Bonchev–Trinajstić information content (AvgIpc) is 4.16. The van der Waals surface area contributed by atoms with Crippen molar-refractivity contribution in [3.63, 3.8) is 0 Å². The van der Waals surface area contributed by atoms with Crippen molar-refractivity contribution in [1.82, 2.24) is 40.4 Å². The number of aryl methyl sites for hydroxylation is 2. The van der Waals surface area contributed by atoms with Crippen molar-refractivity contribution in [1.29, 1.82) is 0 Å². The summed E-state index contributed by atoms with van der Waals surface area (Å²) >= 11 is 0. The predicted molar refractivity (Wildman–Crippen MR) is 252 cm³/mol. The number of carbonyl (C=O) groups is 4. The zero-order chi connectivity index (χ0) is 47.1.